The first-order chi connectivity index (χ1) is 12.6. The van der Waals surface area contributed by atoms with Gasteiger partial charge < -0.3 is 5.32 Å². The molecule has 1 aromatic carbocycles. The molecule has 0 saturated carbocycles. The van der Waals surface area contributed by atoms with Crippen molar-refractivity contribution in [1.29, 1.82) is 5.26 Å². The molecular formula is C16H13ClN6OS2. The monoisotopic (exact) mass is 404 g/mol. The molecule has 0 spiro atoms. The Morgan fingerprint density at radius 3 is 3.04 bits per heavy atom. The molecule has 1 unspecified atom stereocenters. The van der Waals surface area contributed by atoms with Crippen molar-refractivity contribution in [2.24, 2.45) is 0 Å². The largest absolute Gasteiger partial charge is 0.325 e. The number of anilines is 1. The van der Waals surface area contributed by atoms with Gasteiger partial charge in [-0.05, 0) is 47.0 Å². The Kier molecular flexibility index (Phi) is 5.88. The molecule has 0 fully saturated rings. The van der Waals surface area contributed by atoms with Gasteiger partial charge in [-0.1, -0.05) is 29.4 Å². The smallest absolute Gasteiger partial charge is 0.237 e. The topological polar surface area (TPSA) is 96.5 Å². The zero-order valence-electron chi connectivity index (χ0n) is 13.6. The van der Waals surface area contributed by atoms with Gasteiger partial charge in [-0.25, -0.2) is 4.68 Å². The average Bonchev–Trinajstić information content (AvgIpc) is 3.28. The van der Waals surface area contributed by atoms with Gasteiger partial charge in [0.05, 0.1) is 22.4 Å². The number of carbonyl (C=O) groups excluding carboxylic acids is 1. The molecular weight excluding hydrogens is 392 g/mol. The number of thioether (sulfide) groups is 1. The van der Waals surface area contributed by atoms with Crippen LogP contribution in [-0.4, -0.2) is 31.4 Å². The Labute approximate surface area is 163 Å². The summed E-state index contributed by atoms with van der Waals surface area (Å²) in [7, 11) is 0. The summed E-state index contributed by atoms with van der Waals surface area (Å²) >= 11 is 8.88. The number of amides is 1. The van der Waals surface area contributed by atoms with E-state index in [9.17, 15) is 4.79 Å². The van der Waals surface area contributed by atoms with Gasteiger partial charge in [-0.3, -0.25) is 4.79 Å². The third-order valence-corrected chi connectivity index (χ3v) is 5.64. The lowest BCUT2D eigenvalue weighted by molar-refractivity contribution is -0.115. The fraction of sp³-hybridized carbons (Fsp3) is 0.188. The lowest BCUT2D eigenvalue weighted by atomic mass is 10.2. The number of thiophene rings is 1. The summed E-state index contributed by atoms with van der Waals surface area (Å²) in [5, 5.41) is 25.8. The Balaban J connectivity index is 1.64. The molecule has 26 heavy (non-hydrogen) atoms. The van der Waals surface area contributed by atoms with Crippen LogP contribution < -0.4 is 5.32 Å². The lowest BCUT2D eigenvalue weighted by Crippen LogP contribution is -2.23. The van der Waals surface area contributed by atoms with Gasteiger partial charge in [0, 0.05) is 10.6 Å². The first kappa shape index (κ1) is 18.4. The molecule has 0 radical (unpaired) electrons. The second kappa shape index (κ2) is 8.31. The van der Waals surface area contributed by atoms with Crippen molar-refractivity contribution in [1.82, 2.24) is 20.2 Å². The number of nitrogens with zero attached hydrogens (tertiary/aromatic N) is 5. The molecule has 0 saturated heterocycles. The summed E-state index contributed by atoms with van der Waals surface area (Å²) in [4.78, 5) is 13.5. The van der Waals surface area contributed by atoms with E-state index in [1.54, 1.807) is 41.1 Å². The third kappa shape index (κ3) is 4.40. The highest BCUT2D eigenvalue weighted by atomic mass is 35.5. The van der Waals surface area contributed by atoms with Crippen molar-refractivity contribution >= 4 is 46.3 Å². The van der Waals surface area contributed by atoms with E-state index in [0.29, 0.717) is 28.0 Å². The molecule has 0 aliphatic rings. The van der Waals surface area contributed by atoms with Gasteiger partial charge >= 0.3 is 0 Å². The number of tetrazole rings is 1. The predicted octanol–water partition coefficient (Wildman–Crippen LogP) is 3.43. The number of carbonyl (C=O) groups is 1. The first-order valence-corrected chi connectivity index (χ1v) is 9.66. The molecule has 10 heteroatoms. The van der Waals surface area contributed by atoms with Crippen molar-refractivity contribution in [3.8, 4) is 6.07 Å². The van der Waals surface area contributed by atoms with Crippen LogP contribution in [0.4, 0.5) is 5.69 Å². The molecule has 0 aliphatic heterocycles. The Morgan fingerprint density at radius 1 is 1.50 bits per heavy atom. The van der Waals surface area contributed by atoms with E-state index in [-0.39, 0.29) is 5.91 Å². The summed E-state index contributed by atoms with van der Waals surface area (Å²) in [5.41, 5.74) is 0.893. The van der Waals surface area contributed by atoms with Crippen LogP contribution in [0.25, 0.3) is 0 Å². The van der Waals surface area contributed by atoms with Gasteiger partial charge in [0.15, 0.2) is 0 Å². The quantitative estimate of drug-likeness (QED) is 0.632. The maximum Gasteiger partial charge on any atom is 0.237 e. The van der Waals surface area contributed by atoms with Crippen molar-refractivity contribution in [2.45, 2.75) is 23.9 Å². The van der Waals surface area contributed by atoms with E-state index in [1.165, 1.54) is 11.8 Å². The number of rotatable bonds is 6. The Morgan fingerprint density at radius 2 is 2.35 bits per heavy atom. The summed E-state index contributed by atoms with van der Waals surface area (Å²) in [6.07, 6.45) is 0. The van der Waals surface area contributed by atoms with Gasteiger partial charge in [0.25, 0.3) is 0 Å². The molecule has 132 valence electrons. The van der Waals surface area contributed by atoms with Gasteiger partial charge in [0.2, 0.25) is 11.1 Å². The van der Waals surface area contributed by atoms with Crippen LogP contribution in [0.3, 0.4) is 0 Å². The Hall–Kier alpha value is -2.41. The van der Waals surface area contributed by atoms with Crippen molar-refractivity contribution in [2.75, 3.05) is 5.32 Å². The van der Waals surface area contributed by atoms with Crippen molar-refractivity contribution < 1.29 is 4.79 Å². The van der Waals surface area contributed by atoms with Gasteiger partial charge in [-0.15, -0.1) is 16.4 Å². The first-order valence-electron chi connectivity index (χ1n) is 7.52. The highest BCUT2D eigenvalue weighted by molar-refractivity contribution is 8.00. The summed E-state index contributed by atoms with van der Waals surface area (Å²) in [5.74, 6) is -0.207. The number of nitrogens with one attached hydrogen (secondary N) is 1. The number of nitriles is 1. The van der Waals surface area contributed by atoms with Crippen molar-refractivity contribution in [3.63, 3.8) is 0 Å². The summed E-state index contributed by atoms with van der Waals surface area (Å²) in [6, 6.07) is 10.7. The highest BCUT2D eigenvalue weighted by Crippen LogP contribution is 2.24. The molecule has 0 aliphatic carbocycles. The molecule has 7 nitrogen and oxygen atoms in total. The minimum Gasteiger partial charge on any atom is -0.325 e. The number of halogens is 1. The number of hydrogen-bond acceptors (Lipinski definition) is 7. The lowest BCUT2D eigenvalue weighted by Gasteiger charge is -2.12. The number of benzene rings is 1. The highest BCUT2D eigenvalue weighted by Gasteiger charge is 2.19. The minimum absolute atomic E-state index is 0.207. The fourth-order valence-electron chi connectivity index (χ4n) is 2.07. The molecule has 1 amide bonds. The number of hydrogen-bond donors (Lipinski definition) is 1. The van der Waals surface area contributed by atoms with Crippen LogP contribution in [0, 0.1) is 11.3 Å². The van der Waals surface area contributed by atoms with E-state index in [0.717, 1.165) is 4.88 Å². The average molecular weight is 405 g/mol. The second-order valence-electron chi connectivity index (χ2n) is 5.25. The zero-order valence-corrected chi connectivity index (χ0v) is 16.0. The van der Waals surface area contributed by atoms with Crippen LogP contribution in [0.15, 0.2) is 40.9 Å². The molecule has 3 aromatic rings. The van der Waals surface area contributed by atoms with Crippen LogP contribution in [0.2, 0.25) is 5.02 Å². The van der Waals surface area contributed by atoms with E-state index in [1.807, 2.05) is 23.6 Å². The maximum absolute atomic E-state index is 12.4. The van der Waals surface area contributed by atoms with Crippen LogP contribution in [-0.2, 0) is 11.3 Å². The molecule has 2 heterocycles. The number of aromatic nitrogens is 4. The van der Waals surface area contributed by atoms with E-state index in [4.69, 9.17) is 16.9 Å². The van der Waals surface area contributed by atoms with Gasteiger partial charge in [-0.2, -0.15) is 5.26 Å². The predicted molar refractivity (Wildman–Crippen MR) is 101 cm³/mol. The molecule has 2 aromatic heterocycles. The zero-order chi connectivity index (χ0) is 18.5. The maximum atomic E-state index is 12.4. The molecule has 0 bridgehead atoms. The van der Waals surface area contributed by atoms with E-state index in [2.05, 4.69) is 20.8 Å². The molecule has 1 N–H and O–H groups in total. The third-order valence-electron chi connectivity index (χ3n) is 3.39. The van der Waals surface area contributed by atoms with Crippen LogP contribution >= 0.6 is 34.7 Å². The van der Waals surface area contributed by atoms with E-state index < -0.39 is 5.25 Å². The van der Waals surface area contributed by atoms with Crippen LogP contribution in [0.5, 0.6) is 0 Å². The summed E-state index contributed by atoms with van der Waals surface area (Å²) < 4.78 is 1.67. The summed E-state index contributed by atoms with van der Waals surface area (Å²) in [6.45, 7) is 2.34. The van der Waals surface area contributed by atoms with Crippen LogP contribution in [0.1, 0.15) is 17.4 Å². The standard InChI is InChI=1S/C16H13ClN6OS2/c1-10(15(24)19-12-5-4-11(8-18)14(17)7-12)26-16-20-21-22-23(16)9-13-3-2-6-25-13/h2-7,10H,9H2,1H3,(H,19,24). The Bertz CT molecular complexity index is 950. The van der Waals surface area contributed by atoms with Gasteiger partial charge in [0.1, 0.15) is 6.07 Å². The SMILES string of the molecule is CC(Sc1nnnn1Cc1cccs1)C(=O)Nc1ccc(C#N)c(Cl)c1. The van der Waals surface area contributed by atoms with E-state index >= 15 is 0 Å². The molecule has 1 atom stereocenters. The normalized spacial score (nSPS) is 11.7. The molecule has 3 rings (SSSR count). The second-order valence-corrected chi connectivity index (χ2v) is 8.00. The minimum atomic E-state index is -0.419. The van der Waals surface area contributed by atoms with Crippen molar-refractivity contribution in [3.05, 3.63) is 51.2 Å². The fourth-order valence-corrected chi connectivity index (χ4v) is 3.77.